The predicted molar refractivity (Wildman–Crippen MR) is 97.1 cm³/mol. The number of carbonyl (C=O) groups excluding carboxylic acids is 1. The molecule has 124 valence electrons. The molecule has 0 saturated carbocycles. The van der Waals surface area contributed by atoms with Gasteiger partial charge in [-0.3, -0.25) is 9.59 Å². The van der Waals surface area contributed by atoms with Crippen LogP contribution >= 0.6 is 0 Å². The van der Waals surface area contributed by atoms with Gasteiger partial charge in [0.2, 0.25) is 0 Å². The van der Waals surface area contributed by atoms with Crippen LogP contribution in [0.5, 0.6) is 0 Å². The number of nitrogens with two attached hydrogens (primary N) is 1. The standard InChI is InChI=1S/C19H16N4O2/c1-11-7-9-12(10-8-11)23-19(25)17-15(16(21-23)18(20)24)13-5-3-4-6-14(13)22(17)2/h3-10H,1-2H3,(H2,20,24). The van der Waals surface area contributed by atoms with E-state index in [4.69, 9.17) is 5.73 Å². The Bertz CT molecular complexity index is 1200. The number of benzene rings is 2. The molecule has 0 fully saturated rings. The van der Waals surface area contributed by atoms with Gasteiger partial charge in [-0.1, -0.05) is 35.9 Å². The van der Waals surface area contributed by atoms with Crippen molar-refractivity contribution in [1.82, 2.24) is 14.3 Å². The first kappa shape index (κ1) is 15.1. The molecule has 2 N–H and O–H groups in total. The molecule has 2 aromatic heterocycles. The minimum absolute atomic E-state index is 0.0898. The van der Waals surface area contributed by atoms with E-state index in [1.165, 1.54) is 4.68 Å². The van der Waals surface area contributed by atoms with Crippen molar-refractivity contribution >= 4 is 27.7 Å². The van der Waals surface area contributed by atoms with Gasteiger partial charge in [0.15, 0.2) is 5.69 Å². The fourth-order valence-corrected chi connectivity index (χ4v) is 3.21. The zero-order valence-electron chi connectivity index (χ0n) is 13.9. The van der Waals surface area contributed by atoms with E-state index in [-0.39, 0.29) is 11.3 Å². The van der Waals surface area contributed by atoms with Crippen molar-refractivity contribution in [2.45, 2.75) is 6.92 Å². The summed E-state index contributed by atoms with van der Waals surface area (Å²) in [7, 11) is 1.80. The Labute approximate surface area is 143 Å². The summed E-state index contributed by atoms with van der Waals surface area (Å²) in [6.07, 6.45) is 0. The van der Waals surface area contributed by atoms with E-state index in [9.17, 15) is 9.59 Å². The zero-order valence-corrected chi connectivity index (χ0v) is 13.9. The lowest BCUT2D eigenvalue weighted by Crippen LogP contribution is -2.27. The summed E-state index contributed by atoms with van der Waals surface area (Å²) in [5, 5.41) is 5.57. The van der Waals surface area contributed by atoms with Gasteiger partial charge in [-0.2, -0.15) is 9.78 Å². The van der Waals surface area contributed by atoms with E-state index in [1.807, 2.05) is 43.3 Å². The van der Waals surface area contributed by atoms with Crippen LogP contribution in [0.3, 0.4) is 0 Å². The summed E-state index contributed by atoms with van der Waals surface area (Å²) < 4.78 is 3.02. The molecule has 25 heavy (non-hydrogen) atoms. The predicted octanol–water partition coefficient (Wildman–Crippen LogP) is 2.28. The lowest BCUT2D eigenvalue weighted by Gasteiger charge is -2.08. The van der Waals surface area contributed by atoms with Crippen molar-refractivity contribution in [1.29, 1.82) is 0 Å². The summed E-state index contributed by atoms with van der Waals surface area (Å²) in [5.41, 5.74) is 8.29. The average molecular weight is 332 g/mol. The van der Waals surface area contributed by atoms with Crippen LogP contribution in [0.1, 0.15) is 16.1 Å². The van der Waals surface area contributed by atoms with Gasteiger partial charge >= 0.3 is 0 Å². The summed E-state index contributed by atoms with van der Waals surface area (Å²) >= 11 is 0. The minimum atomic E-state index is -0.665. The van der Waals surface area contributed by atoms with Gasteiger partial charge in [0.25, 0.3) is 11.5 Å². The Morgan fingerprint density at radius 2 is 1.76 bits per heavy atom. The van der Waals surface area contributed by atoms with Crippen molar-refractivity contribution in [3.63, 3.8) is 0 Å². The molecule has 0 radical (unpaired) electrons. The Morgan fingerprint density at radius 3 is 2.44 bits per heavy atom. The van der Waals surface area contributed by atoms with Crippen molar-refractivity contribution in [2.24, 2.45) is 12.8 Å². The number of para-hydroxylation sites is 1. The molecule has 4 rings (SSSR count). The molecular weight excluding hydrogens is 316 g/mol. The molecule has 0 aliphatic heterocycles. The minimum Gasteiger partial charge on any atom is -0.364 e. The van der Waals surface area contributed by atoms with Crippen LogP contribution in [0.2, 0.25) is 0 Å². The van der Waals surface area contributed by atoms with Crippen molar-refractivity contribution in [2.75, 3.05) is 0 Å². The molecule has 6 nitrogen and oxygen atoms in total. The van der Waals surface area contributed by atoms with Gasteiger partial charge in [0.05, 0.1) is 5.69 Å². The third kappa shape index (κ3) is 2.15. The van der Waals surface area contributed by atoms with Crippen molar-refractivity contribution in [3.8, 4) is 5.69 Å². The van der Waals surface area contributed by atoms with Crippen molar-refractivity contribution < 1.29 is 4.79 Å². The molecular formula is C19H16N4O2. The van der Waals surface area contributed by atoms with Crippen LogP contribution in [0, 0.1) is 6.92 Å². The molecule has 0 aliphatic rings. The quantitative estimate of drug-likeness (QED) is 0.611. The molecule has 2 aromatic carbocycles. The number of hydrogen-bond acceptors (Lipinski definition) is 3. The molecule has 0 bridgehead atoms. The fraction of sp³-hybridized carbons (Fsp3) is 0.105. The molecule has 1 amide bonds. The van der Waals surface area contributed by atoms with Crippen LogP contribution in [0.15, 0.2) is 53.3 Å². The van der Waals surface area contributed by atoms with Crippen LogP contribution in [0.25, 0.3) is 27.5 Å². The highest BCUT2D eigenvalue weighted by molar-refractivity contribution is 6.16. The van der Waals surface area contributed by atoms with E-state index >= 15 is 0 Å². The van der Waals surface area contributed by atoms with E-state index in [0.29, 0.717) is 16.6 Å². The summed E-state index contributed by atoms with van der Waals surface area (Å²) in [4.78, 5) is 25.2. The maximum atomic E-state index is 13.1. The highest BCUT2D eigenvalue weighted by atomic mass is 16.1. The lowest BCUT2D eigenvalue weighted by molar-refractivity contribution is 0.0996. The summed E-state index contributed by atoms with van der Waals surface area (Å²) in [6, 6.07) is 14.9. The second-order valence-electron chi connectivity index (χ2n) is 6.07. The first-order chi connectivity index (χ1) is 12.0. The van der Waals surface area contributed by atoms with Crippen LogP contribution in [-0.4, -0.2) is 20.3 Å². The maximum Gasteiger partial charge on any atom is 0.296 e. The molecule has 2 heterocycles. The van der Waals surface area contributed by atoms with Gasteiger partial charge in [-0.15, -0.1) is 0 Å². The molecule has 0 unspecified atom stereocenters. The Kier molecular flexibility index (Phi) is 3.21. The van der Waals surface area contributed by atoms with Crippen LogP contribution < -0.4 is 11.3 Å². The van der Waals surface area contributed by atoms with Crippen LogP contribution in [0.4, 0.5) is 0 Å². The second-order valence-corrected chi connectivity index (χ2v) is 6.07. The lowest BCUT2D eigenvalue weighted by atomic mass is 10.1. The monoisotopic (exact) mass is 332 g/mol. The molecule has 0 spiro atoms. The average Bonchev–Trinajstić information content (AvgIpc) is 2.90. The SMILES string of the molecule is Cc1ccc(-n2nc(C(N)=O)c3c4ccccc4n(C)c3c2=O)cc1. The largest absolute Gasteiger partial charge is 0.364 e. The molecule has 4 aromatic rings. The topological polar surface area (TPSA) is 82.9 Å². The van der Waals surface area contributed by atoms with Crippen LogP contribution in [-0.2, 0) is 7.05 Å². The highest BCUT2D eigenvalue weighted by Gasteiger charge is 2.21. The van der Waals surface area contributed by atoms with Gasteiger partial charge < -0.3 is 10.3 Å². The number of aryl methyl sites for hydroxylation is 2. The third-order valence-corrected chi connectivity index (χ3v) is 4.45. The summed E-state index contributed by atoms with van der Waals surface area (Å²) in [5.74, 6) is -0.665. The Morgan fingerprint density at radius 1 is 1.08 bits per heavy atom. The highest BCUT2D eigenvalue weighted by Crippen LogP contribution is 2.28. The number of aromatic nitrogens is 3. The van der Waals surface area contributed by atoms with Gasteiger partial charge in [0, 0.05) is 23.3 Å². The number of carbonyl (C=O) groups is 1. The smallest absolute Gasteiger partial charge is 0.296 e. The Hall–Kier alpha value is -3.41. The van der Waals surface area contributed by atoms with Gasteiger partial charge in [-0.05, 0) is 25.1 Å². The van der Waals surface area contributed by atoms with Crippen molar-refractivity contribution in [3.05, 3.63) is 70.1 Å². The van der Waals surface area contributed by atoms with Gasteiger partial charge in [-0.25, -0.2) is 0 Å². The number of amides is 1. The van der Waals surface area contributed by atoms with E-state index in [0.717, 1.165) is 16.5 Å². The number of fused-ring (bicyclic) bond motifs is 3. The summed E-state index contributed by atoms with van der Waals surface area (Å²) in [6.45, 7) is 1.96. The second kappa shape index (κ2) is 5.31. The van der Waals surface area contributed by atoms with Gasteiger partial charge in [0.1, 0.15) is 5.52 Å². The first-order valence-corrected chi connectivity index (χ1v) is 7.86. The molecule has 0 atom stereocenters. The third-order valence-electron chi connectivity index (χ3n) is 4.45. The zero-order chi connectivity index (χ0) is 17.7. The normalized spacial score (nSPS) is 11.3. The first-order valence-electron chi connectivity index (χ1n) is 7.86. The number of rotatable bonds is 2. The number of primary amides is 1. The Balaban J connectivity index is 2.21. The molecule has 6 heteroatoms. The molecule has 0 aliphatic carbocycles. The fourth-order valence-electron chi connectivity index (χ4n) is 3.21. The number of hydrogen-bond donors (Lipinski definition) is 1. The van der Waals surface area contributed by atoms with E-state index in [1.54, 1.807) is 23.7 Å². The number of nitrogens with zero attached hydrogens (tertiary/aromatic N) is 3. The van der Waals surface area contributed by atoms with E-state index < -0.39 is 5.91 Å². The molecule has 0 saturated heterocycles. The van der Waals surface area contributed by atoms with E-state index in [2.05, 4.69) is 5.10 Å². The maximum absolute atomic E-state index is 13.1.